The first-order valence-corrected chi connectivity index (χ1v) is 5.67. The first kappa shape index (κ1) is 16.6. The zero-order valence-corrected chi connectivity index (χ0v) is 10.6. The second-order valence-corrected chi connectivity index (χ2v) is 3.88. The minimum absolute atomic E-state index is 0.222. The highest BCUT2D eigenvalue weighted by Gasteiger charge is 2.38. The van der Waals surface area contributed by atoms with Gasteiger partial charge < -0.3 is 15.4 Å². The van der Waals surface area contributed by atoms with Crippen LogP contribution in [-0.4, -0.2) is 27.4 Å². The van der Waals surface area contributed by atoms with Crippen molar-refractivity contribution in [3.05, 3.63) is 48.1 Å². The second kappa shape index (κ2) is 7.39. The van der Waals surface area contributed by atoms with Gasteiger partial charge in [0.2, 0.25) is 5.89 Å². The van der Waals surface area contributed by atoms with Gasteiger partial charge in [0, 0.05) is 0 Å². The van der Waals surface area contributed by atoms with Crippen molar-refractivity contribution in [1.29, 1.82) is 0 Å². The summed E-state index contributed by atoms with van der Waals surface area (Å²) in [7, 11) is 0. The molecule has 0 spiro atoms. The van der Waals surface area contributed by atoms with Gasteiger partial charge in [-0.15, -0.1) is 0 Å². The van der Waals surface area contributed by atoms with Gasteiger partial charge in [0.15, 0.2) is 6.33 Å². The quantitative estimate of drug-likeness (QED) is 0.898. The maximum absolute atomic E-state index is 10.6. The number of aliphatic carboxylic acids is 1. The van der Waals surface area contributed by atoms with E-state index in [0.29, 0.717) is 12.3 Å². The third kappa shape index (κ3) is 6.04. The molecule has 21 heavy (non-hydrogen) atoms. The molecule has 0 saturated carbocycles. The van der Waals surface area contributed by atoms with Crippen LogP contribution in [0.2, 0.25) is 0 Å². The largest absolute Gasteiger partial charge is 0.490 e. The maximum atomic E-state index is 10.6. The first-order chi connectivity index (χ1) is 9.80. The van der Waals surface area contributed by atoms with E-state index >= 15 is 0 Å². The lowest BCUT2D eigenvalue weighted by molar-refractivity contribution is -0.192. The molecule has 0 aliphatic heterocycles. The average Bonchev–Trinajstić information content (AvgIpc) is 2.93. The molecule has 0 fully saturated rings. The highest BCUT2D eigenvalue weighted by molar-refractivity contribution is 5.73. The second-order valence-electron chi connectivity index (χ2n) is 3.88. The van der Waals surface area contributed by atoms with Crippen LogP contribution in [0, 0.1) is 0 Å². The van der Waals surface area contributed by atoms with E-state index in [2.05, 4.69) is 10.1 Å². The van der Waals surface area contributed by atoms with Gasteiger partial charge in [-0.1, -0.05) is 35.5 Å². The Hall–Kier alpha value is -2.42. The molecule has 2 rings (SSSR count). The zero-order valence-electron chi connectivity index (χ0n) is 10.6. The number of aromatic nitrogens is 2. The Balaban J connectivity index is 0.000000270. The molecule has 1 aromatic heterocycles. The molecule has 1 unspecified atom stereocenters. The van der Waals surface area contributed by atoms with Gasteiger partial charge in [0.05, 0.1) is 6.04 Å². The third-order valence-electron chi connectivity index (χ3n) is 2.24. The highest BCUT2D eigenvalue weighted by Crippen LogP contribution is 2.13. The van der Waals surface area contributed by atoms with E-state index in [9.17, 15) is 13.2 Å². The number of hydrogen-bond acceptors (Lipinski definition) is 5. The van der Waals surface area contributed by atoms with E-state index in [1.807, 2.05) is 30.3 Å². The Morgan fingerprint density at radius 1 is 1.33 bits per heavy atom. The van der Waals surface area contributed by atoms with Gasteiger partial charge in [-0.2, -0.15) is 18.2 Å². The van der Waals surface area contributed by atoms with Crippen molar-refractivity contribution in [2.45, 2.75) is 18.6 Å². The lowest BCUT2D eigenvalue weighted by Gasteiger charge is -2.05. The monoisotopic (exact) mass is 303 g/mol. The van der Waals surface area contributed by atoms with E-state index in [1.54, 1.807) is 0 Å². The molecular formula is C12H12F3N3O3. The van der Waals surface area contributed by atoms with E-state index in [4.69, 9.17) is 20.2 Å². The van der Waals surface area contributed by atoms with E-state index < -0.39 is 12.1 Å². The van der Waals surface area contributed by atoms with Crippen LogP contribution < -0.4 is 5.73 Å². The molecule has 0 bridgehead atoms. The smallest absolute Gasteiger partial charge is 0.475 e. The predicted octanol–water partition coefficient (Wildman–Crippen LogP) is 1.95. The minimum Gasteiger partial charge on any atom is -0.475 e. The number of carboxylic acids is 1. The van der Waals surface area contributed by atoms with Crippen molar-refractivity contribution in [2.24, 2.45) is 5.73 Å². The van der Waals surface area contributed by atoms with Crippen LogP contribution in [0.3, 0.4) is 0 Å². The summed E-state index contributed by atoms with van der Waals surface area (Å²) < 4.78 is 36.6. The van der Waals surface area contributed by atoms with Crippen molar-refractivity contribution in [1.82, 2.24) is 10.1 Å². The van der Waals surface area contributed by atoms with Crippen LogP contribution >= 0.6 is 0 Å². The SMILES string of the molecule is NC(Cc1ccccc1)c1ncno1.O=C(O)C(F)(F)F. The third-order valence-corrected chi connectivity index (χ3v) is 2.24. The normalized spacial score (nSPS) is 12.2. The van der Waals surface area contributed by atoms with Crippen molar-refractivity contribution in [3.63, 3.8) is 0 Å². The molecule has 0 aliphatic carbocycles. The van der Waals surface area contributed by atoms with Gasteiger partial charge in [-0.05, 0) is 12.0 Å². The van der Waals surface area contributed by atoms with Gasteiger partial charge in [0.1, 0.15) is 0 Å². The van der Waals surface area contributed by atoms with Crippen LogP contribution in [0.5, 0.6) is 0 Å². The van der Waals surface area contributed by atoms with E-state index in [-0.39, 0.29) is 6.04 Å². The molecule has 1 atom stereocenters. The molecule has 1 aromatic carbocycles. The summed E-state index contributed by atoms with van der Waals surface area (Å²) in [4.78, 5) is 12.8. The molecule has 0 radical (unpaired) electrons. The van der Waals surface area contributed by atoms with Crippen molar-refractivity contribution in [3.8, 4) is 0 Å². The predicted molar refractivity (Wildman–Crippen MR) is 65.1 cm³/mol. The molecule has 3 N–H and O–H groups in total. The fraction of sp³-hybridized carbons (Fsp3) is 0.250. The van der Waals surface area contributed by atoms with Crippen LogP contribution in [0.4, 0.5) is 13.2 Å². The number of benzene rings is 1. The molecule has 0 amide bonds. The molecule has 1 heterocycles. The number of rotatable bonds is 3. The fourth-order valence-corrected chi connectivity index (χ4v) is 1.30. The topological polar surface area (TPSA) is 102 Å². The molecule has 0 aliphatic rings. The summed E-state index contributed by atoms with van der Waals surface area (Å²) in [6, 6.07) is 9.76. The van der Waals surface area contributed by atoms with Crippen molar-refractivity contribution in [2.75, 3.05) is 0 Å². The summed E-state index contributed by atoms with van der Waals surface area (Å²) in [6.45, 7) is 0. The number of carbonyl (C=O) groups is 1. The minimum atomic E-state index is -5.08. The molecular weight excluding hydrogens is 291 g/mol. The molecule has 2 aromatic rings. The van der Waals surface area contributed by atoms with Crippen molar-refractivity contribution >= 4 is 5.97 Å². The summed E-state index contributed by atoms with van der Waals surface area (Å²) in [6.07, 6.45) is -3.01. The molecule has 9 heteroatoms. The van der Waals surface area contributed by atoms with Crippen LogP contribution in [-0.2, 0) is 11.2 Å². The summed E-state index contributed by atoms with van der Waals surface area (Å²) in [5, 5.41) is 10.6. The molecule has 6 nitrogen and oxygen atoms in total. The fourth-order valence-electron chi connectivity index (χ4n) is 1.30. The standard InChI is InChI=1S/C10H11N3O.C2HF3O2/c11-9(10-12-7-13-14-10)6-8-4-2-1-3-5-8;3-2(4,5)1(6)7/h1-5,7,9H,6,11H2;(H,6,7). The Kier molecular flexibility index (Phi) is 5.85. The Morgan fingerprint density at radius 2 is 1.90 bits per heavy atom. The Morgan fingerprint density at radius 3 is 2.33 bits per heavy atom. The van der Waals surface area contributed by atoms with E-state index in [1.165, 1.54) is 11.9 Å². The van der Waals surface area contributed by atoms with E-state index in [0.717, 1.165) is 0 Å². The zero-order chi connectivity index (χ0) is 15.9. The Labute approximate surface area is 117 Å². The number of hydrogen-bond donors (Lipinski definition) is 2. The summed E-state index contributed by atoms with van der Waals surface area (Å²) in [5.74, 6) is -2.28. The van der Waals surface area contributed by atoms with Gasteiger partial charge in [0.25, 0.3) is 0 Å². The maximum Gasteiger partial charge on any atom is 0.490 e. The molecule has 0 saturated heterocycles. The molecule has 114 valence electrons. The van der Waals surface area contributed by atoms with Crippen LogP contribution in [0.25, 0.3) is 0 Å². The van der Waals surface area contributed by atoms with Gasteiger partial charge in [-0.25, -0.2) is 4.79 Å². The lowest BCUT2D eigenvalue weighted by atomic mass is 10.1. The highest BCUT2D eigenvalue weighted by atomic mass is 19.4. The number of nitrogens with zero attached hydrogens (tertiary/aromatic N) is 2. The summed E-state index contributed by atoms with van der Waals surface area (Å²) >= 11 is 0. The van der Waals surface area contributed by atoms with Crippen LogP contribution in [0.1, 0.15) is 17.5 Å². The Bertz CT molecular complexity index is 544. The average molecular weight is 303 g/mol. The number of nitrogens with two attached hydrogens (primary N) is 1. The van der Waals surface area contributed by atoms with Gasteiger partial charge >= 0.3 is 12.1 Å². The lowest BCUT2D eigenvalue weighted by Crippen LogP contribution is -2.21. The van der Waals surface area contributed by atoms with Crippen LogP contribution in [0.15, 0.2) is 41.2 Å². The van der Waals surface area contributed by atoms with Gasteiger partial charge in [-0.3, -0.25) is 0 Å². The summed E-state index contributed by atoms with van der Waals surface area (Å²) in [5.41, 5.74) is 7.04. The number of carboxylic acid groups (broad SMARTS) is 1. The number of halogens is 3. The first-order valence-electron chi connectivity index (χ1n) is 5.67. The number of alkyl halides is 3. The van der Waals surface area contributed by atoms with Crippen molar-refractivity contribution < 1.29 is 27.6 Å².